The molecule has 1 unspecified atom stereocenters. The molecule has 6 heteroatoms. The van der Waals surface area contributed by atoms with Crippen LogP contribution in [0.25, 0.3) is 0 Å². The van der Waals surface area contributed by atoms with Crippen molar-refractivity contribution in [1.82, 2.24) is 10.2 Å². The van der Waals surface area contributed by atoms with Crippen molar-refractivity contribution in [2.75, 3.05) is 13.1 Å². The van der Waals surface area contributed by atoms with E-state index in [0.29, 0.717) is 24.6 Å². The van der Waals surface area contributed by atoms with Crippen molar-refractivity contribution in [2.24, 2.45) is 11.7 Å². The number of rotatable bonds is 4. The minimum absolute atomic E-state index is 0.231. The molecule has 1 aliphatic carbocycles. The average molecular weight is 289 g/mol. The van der Waals surface area contributed by atoms with Crippen molar-refractivity contribution in [2.45, 2.75) is 24.5 Å². The molecule has 1 heterocycles. The van der Waals surface area contributed by atoms with E-state index in [1.807, 2.05) is 6.07 Å². The fraction of sp³-hybridized carbons (Fsp3) is 0.467. The summed E-state index contributed by atoms with van der Waals surface area (Å²) in [6.07, 6.45) is 2.06. The summed E-state index contributed by atoms with van der Waals surface area (Å²) in [6, 6.07) is 7.44. The van der Waals surface area contributed by atoms with Gasteiger partial charge < -0.3 is 21.1 Å². The zero-order valence-corrected chi connectivity index (χ0v) is 11.7. The molecule has 0 radical (unpaired) electrons. The minimum atomic E-state index is -0.799. The van der Waals surface area contributed by atoms with Gasteiger partial charge in [-0.2, -0.15) is 0 Å². The maximum Gasteiger partial charge on any atom is 0.313 e. The molecule has 4 N–H and O–H groups in total. The van der Waals surface area contributed by atoms with Crippen LogP contribution in [-0.4, -0.2) is 40.6 Å². The van der Waals surface area contributed by atoms with Gasteiger partial charge in [0.2, 0.25) is 5.91 Å². The van der Waals surface area contributed by atoms with E-state index in [-0.39, 0.29) is 5.91 Å². The quantitative estimate of drug-likeness (QED) is 0.747. The minimum Gasteiger partial charge on any atom is -0.386 e. The molecule has 2 aliphatic rings. The molecular weight excluding hydrogens is 270 g/mol. The van der Waals surface area contributed by atoms with Gasteiger partial charge in [-0.3, -0.25) is 4.79 Å². The first-order valence-corrected chi connectivity index (χ1v) is 7.12. The number of nitrogens with two attached hydrogens (primary N) is 1. The molecule has 1 aromatic rings. The van der Waals surface area contributed by atoms with Gasteiger partial charge in [-0.1, -0.05) is 30.3 Å². The summed E-state index contributed by atoms with van der Waals surface area (Å²) in [5.41, 5.74) is 5.12. The summed E-state index contributed by atoms with van der Waals surface area (Å²) in [6.45, 7) is 0.667. The van der Waals surface area contributed by atoms with Crippen molar-refractivity contribution in [1.29, 1.82) is 0 Å². The highest BCUT2D eigenvalue weighted by atomic mass is 16.3. The van der Waals surface area contributed by atoms with Crippen molar-refractivity contribution in [3.8, 4) is 0 Å². The number of urea groups is 1. The summed E-state index contributed by atoms with van der Waals surface area (Å²) in [7, 11) is 0. The van der Waals surface area contributed by atoms with Crippen LogP contribution in [0.3, 0.4) is 0 Å². The van der Waals surface area contributed by atoms with Crippen LogP contribution in [0.4, 0.5) is 4.79 Å². The van der Waals surface area contributed by atoms with E-state index in [1.54, 1.807) is 29.2 Å². The van der Waals surface area contributed by atoms with Crippen LogP contribution >= 0.6 is 0 Å². The predicted octanol–water partition coefficient (Wildman–Crippen LogP) is 0.379. The Morgan fingerprint density at radius 3 is 2.43 bits per heavy atom. The largest absolute Gasteiger partial charge is 0.386 e. The maximum absolute atomic E-state index is 12.5. The molecule has 1 saturated carbocycles. The highest BCUT2D eigenvalue weighted by Crippen LogP contribution is 2.44. The Kier molecular flexibility index (Phi) is 3.33. The fourth-order valence-electron chi connectivity index (χ4n) is 2.91. The smallest absolute Gasteiger partial charge is 0.313 e. The molecule has 1 aromatic carbocycles. The number of primary amides is 1. The number of amides is 3. The van der Waals surface area contributed by atoms with Crippen molar-refractivity contribution < 1.29 is 14.7 Å². The number of aliphatic hydroxyl groups is 1. The Hall–Kier alpha value is -2.08. The number of hydrogen-bond donors (Lipinski definition) is 3. The third-order valence-corrected chi connectivity index (χ3v) is 4.24. The first-order valence-electron chi connectivity index (χ1n) is 7.12. The zero-order valence-electron chi connectivity index (χ0n) is 11.7. The van der Waals surface area contributed by atoms with Crippen LogP contribution in [0.5, 0.6) is 0 Å². The van der Waals surface area contributed by atoms with Crippen LogP contribution < -0.4 is 11.1 Å². The molecule has 0 bridgehead atoms. The number of β-amino-alcohol motifs (C(OH)–C–C–N with tert-alkyl or cyclic N) is 1. The lowest BCUT2D eigenvalue weighted by Crippen LogP contribution is -2.66. The molecule has 1 atom stereocenters. The lowest BCUT2D eigenvalue weighted by atomic mass is 9.87. The molecule has 21 heavy (non-hydrogen) atoms. The van der Waals surface area contributed by atoms with Gasteiger partial charge in [0.1, 0.15) is 11.6 Å². The Labute approximate surface area is 122 Å². The molecule has 1 aliphatic heterocycles. The third kappa shape index (κ3) is 2.71. The Morgan fingerprint density at radius 1 is 1.29 bits per heavy atom. The second-order valence-corrected chi connectivity index (χ2v) is 5.92. The van der Waals surface area contributed by atoms with Crippen LogP contribution in [0.2, 0.25) is 0 Å². The normalized spacial score (nSPS) is 21.3. The van der Waals surface area contributed by atoms with Gasteiger partial charge in [0.05, 0.1) is 13.1 Å². The second kappa shape index (κ2) is 5.04. The topological polar surface area (TPSA) is 95.7 Å². The van der Waals surface area contributed by atoms with E-state index in [2.05, 4.69) is 5.32 Å². The number of carbonyl (C=O) groups excluding carboxylic acids is 2. The average Bonchev–Trinajstić information content (AvgIpc) is 3.26. The maximum atomic E-state index is 12.5. The predicted molar refractivity (Wildman–Crippen MR) is 76.2 cm³/mol. The molecule has 0 spiro atoms. The van der Waals surface area contributed by atoms with Gasteiger partial charge in [0.25, 0.3) is 0 Å². The summed E-state index contributed by atoms with van der Waals surface area (Å²) in [5.74, 6) is 0.0890. The summed E-state index contributed by atoms with van der Waals surface area (Å²) in [4.78, 5) is 25.3. The first-order chi connectivity index (χ1) is 9.99. The van der Waals surface area contributed by atoms with E-state index < -0.39 is 17.7 Å². The number of nitrogens with zero attached hydrogens (tertiary/aromatic N) is 1. The fourth-order valence-corrected chi connectivity index (χ4v) is 2.91. The van der Waals surface area contributed by atoms with Gasteiger partial charge in [0, 0.05) is 0 Å². The lowest BCUT2D eigenvalue weighted by molar-refractivity contribution is -0.161. The van der Waals surface area contributed by atoms with E-state index >= 15 is 0 Å². The second-order valence-electron chi connectivity index (χ2n) is 5.92. The van der Waals surface area contributed by atoms with E-state index in [1.165, 1.54) is 0 Å². The number of likely N-dealkylation sites (tertiary alicyclic amines) is 1. The standard InChI is InChI=1S/C15H19N3O3/c16-14(20)17-12(10-4-2-1-3-5-10)13(19)18-8-15(21,9-18)11-6-7-11/h1-5,11-12,21H,6-9H2,(H3,16,17,20). The number of carbonyl (C=O) groups is 2. The molecule has 2 fully saturated rings. The third-order valence-electron chi connectivity index (χ3n) is 4.24. The molecule has 1 saturated heterocycles. The Balaban J connectivity index is 1.71. The molecule has 3 rings (SSSR count). The van der Waals surface area contributed by atoms with E-state index in [9.17, 15) is 14.7 Å². The Bertz CT molecular complexity index is 551. The van der Waals surface area contributed by atoms with Crippen LogP contribution in [0.15, 0.2) is 30.3 Å². The van der Waals surface area contributed by atoms with Gasteiger partial charge in [0.15, 0.2) is 0 Å². The van der Waals surface area contributed by atoms with Gasteiger partial charge in [-0.05, 0) is 24.3 Å². The van der Waals surface area contributed by atoms with Gasteiger partial charge in [-0.25, -0.2) is 4.79 Å². The SMILES string of the molecule is NC(=O)NC(C(=O)N1CC(O)(C2CC2)C1)c1ccccc1. The van der Waals surface area contributed by atoms with Crippen molar-refractivity contribution in [3.63, 3.8) is 0 Å². The monoisotopic (exact) mass is 289 g/mol. The number of nitrogens with one attached hydrogen (secondary N) is 1. The molecule has 112 valence electrons. The first kappa shape index (κ1) is 13.9. The Morgan fingerprint density at radius 2 is 1.90 bits per heavy atom. The number of benzene rings is 1. The number of hydrogen-bond acceptors (Lipinski definition) is 3. The van der Waals surface area contributed by atoms with Gasteiger partial charge >= 0.3 is 6.03 Å². The highest BCUT2D eigenvalue weighted by molar-refractivity contribution is 5.88. The summed E-state index contributed by atoms with van der Waals surface area (Å²) in [5, 5.41) is 12.8. The van der Waals surface area contributed by atoms with E-state index in [4.69, 9.17) is 5.73 Å². The van der Waals surface area contributed by atoms with Crippen molar-refractivity contribution >= 4 is 11.9 Å². The van der Waals surface area contributed by atoms with Gasteiger partial charge in [-0.15, -0.1) is 0 Å². The molecule has 3 amide bonds. The van der Waals surface area contributed by atoms with Crippen LogP contribution in [0.1, 0.15) is 24.4 Å². The zero-order chi connectivity index (χ0) is 15.0. The summed E-state index contributed by atoms with van der Waals surface area (Å²) >= 11 is 0. The summed E-state index contributed by atoms with van der Waals surface area (Å²) < 4.78 is 0. The lowest BCUT2D eigenvalue weighted by Gasteiger charge is -2.48. The molecule has 0 aromatic heterocycles. The van der Waals surface area contributed by atoms with Crippen LogP contribution in [-0.2, 0) is 4.79 Å². The molecular formula is C15H19N3O3. The van der Waals surface area contributed by atoms with E-state index in [0.717, 1.165) is 12.8 Å². The highest BCUT2D eigenvalue weighted by Gasteiger charge is 2.54. The van der Waals surface area contributed by atoms with Crippen LogP contribution in [0, 0.1) is 5.92 Å². The van der Waals surface area contributed by atoms with Crippen molar-refractivity contribution in [3.05, 3.63) is 35.9 Å². The molecule has 6 nitrogen and oxygen atoms in total.